The fourth-order valence-electron chi connectivity index (χ4n) is 2.30. The molecule has 1 unspecified atom stereocenters. The van der Waals surface area contributed by atoms with Gasteiger partial charge in [0, 0.05) is 12.7 Å². The summed E-state index contributed by atoms with van der Waals surface area (Å²) in [5.41, 5.74) is 0. The van der Waals surface area contributed by atoms with Crippen molar-refractivity contribution in [2.45, 2.75) is 51.9 Å². The summed E-state index contributed by atoms with van der Waals surface area (Å²) in [5, 5.41) is 8.91. The third-order valence-corrected chi connectivity index (χ3v) is 6.07. The van der Waals surface area contributed by atoms with Gasteiger partial charge in [0.1, 0.15) is 6.54 Å². The summed E-state index contributed by atoms with van der Waals surface area (Å²) in [5.74, 6) is -0.934. The first-order valence-corrected chi connectivity index (χ1v) is 9.05. The zero-order valence-corrected chi connectivity index (χ0v) is 12.7. The number of hydrogen-bond acceptors (Lipinski definition) is 3. The second-order valence-corrected chi connectivity index (χ2v) is 7.64. The van der Waals surface area contributed by atoms with E-state index in [-0.39, 0.29) is 6.54 Å². The molecule has 1 aliphatic rings. The van der Waals surface area contributed by atoms with Crippen molar-refractivity contribution in [3.63, 3.8) is 0 Å². The fraction of sp³-hybridized carbons (Fsp3) is 0.923. The highest BCUT2D eigenvalue weighted by atomic mass is 31.2. The molecule has 1 heterocycles. The number of unbranched alkanes of at least 4 members (excludes halogenated alkanes) is 4. The van der Waals surface area contributed by atoms with Crippen LogP contribution in [0.2, 0.25) is 0 Å². The number of nitrogens with zero attached hydrogens (tertiary/aromatic N) is 1. The molecule has 0 aromatic carbocycles. The van der Waals surface area contributed by atoms with E-state index in [1.54, 1.807) is 4.67 Å². The van der Waals surface area contributed by atoms with Gasteiger partial charge in [0.15, 0.2) is 0 Å². The van der Waals surface area contributed by atoms with Gasteiger partial charge in [0.2, 0.25) is 0 Å². The second kappa shape index (κ2) is 8.72. The van der Waals surface area contributed by atoms with Gasteiger partial charge in [-0.05, 0) is 19.3 Å². The molecule has 112 valence electrons. The van der Waals surface area contributed by atoms with Crippen molar-refractivity contribution in [2.24, 2.45) is 0 Å². The van der Waals surface area contributed by atoms with Crippen molar-refractivity contribution in [1.82, 2.24) is 4.67 Å². The third-order valence-electron chi connectivity index (χ3n) is 3.40. The summed E-state index contributed by atoms with van der Waals surface area (Å²) in [7, 11) is -2.92. The minimum atomic E-state index is -2.92. The van der Waals surface area contributed by atoms with Crippen molar-refractivity contribution in [3.8, 4) is 0 Å². The van der Waals surface area contributed by atoms with Gasteiger partial charge < -0.3 is 9.63 Å². The molecule has 0 aliphatic carbocycles. The van der Waals surface area contributed by atoms with E-state index >= 15 is 0 Å². The van der Waals surface area contributed by atoms with Gasteiger partial charge in [0.05, 0.1) is 6.61 Å². The summed E-state index contributed by atoms with van der Waals surface area (Å²) in [4.78, 5) is 10.9. The predicted octanol–water partition coefficient (Wildman–Crippen LogP) is 3.35. The molecule has 6 heteroatoms. The Balaban J connectivity index is 2.50. The predicted molar refractivity (Wildman–Crippen MR) is 75.6 cm³/mol. The average molecular weight is 291 g/mol. The Morgan fingerprint density at radius 1 is 1.26 bits per heavy atom. The number of aliphatic carboxylic acids is 1. The zero-order chi connectivity index (χ0) is 14.1. The fourth-order valence-corrected chi connectivity index (χ4v) is 4.70. The molecular weight excluding hydrogens is 265 g/mol. The Morgan fingerprint density at radius 3 is 2.68 bits per heavy atom. The lowest BCUT2D eigenvalue weighted by Gasteiger charge is -2.27. The summed E-state index contributed by atoms with van der Waals surface area (Å²) < 4.78 is 19.9. The molecule has 1 aliphatic heterocycles. The van der Waals surface area contributed by atoms with Crippen molar-refractivity contribution in [1.29, 1.82) is 0 Å². The average Bonchev–Trinajstić information content (AvgIpc) is 2.52. The van der Waals surface area contributed by atoms with E-state index < -0.39 is 13.5 Å². The maximum atomic E-state index is 12.8. The lowest BCUT2D eigenvalue weighted by Crippen LogP contribution is -2.28. The first kappa shape index (κ1) is 16.7. The number of hydrogen-bond donors (Lipinski definition) is 1. The molecule has 0 amide bonds. The maximum Gasteiger partial charge on any atom is 0.318 e. The van der Waals surface area contributed by atoms with Gasteiger partial charge in [-0.1, -0.05) is 32.6 Å². The van der Waals surface area contributed by atoms with Gasteiger partial charge in [-0.3, -0.25) is 9.36 Å². The number of carbonyl (C=O) groups is 1. The summed E-state index contributed by atoms with van der Waals surface area (Å²) in [6, 6.07) is 0. The first-order valence-electron chi connectivity index (χ1n) is 7.29. The Kier molecular flexibility index (Phi) is 7.66. The molecular formula is C13H26NO4P. The van der Waals surface area contributed by atoms with Crippen LogP contribution in [0.15, 0.2) is 0 Å². The Bertz CT molecular complexity index is 322. The van der Waals surface area contributed by atoms with Gasteiger partial charge >= 0.3 is 5.97 Å². The quantitative estimate of drug-likeness (QED) is 0.548. The smallest absolute Gasteiger partial charge is 0.318 e. The van der Waals surface area contributed by atoms with Crippen LogP contribution in [0, 0.1) is 0 Å². The van der Waals surface area contributed by atoms with Gasteiger partial charge in [-0.25, -0.2) is 4.67 Å². The van der Waals surface area contributed by atoms with Crippen LogP contribution in [-0.4, -0.2) is 41.6 Å². The zero-order valence-electron chi connectivity index (χ0n) is 11.8. The monoisotopic (exact) mass is 291 g/mol. The van der Waals surface area contributed by atoms with Crippen LogP contribution >= 0.6 is 7.52 Å². The molecule has 0 radical (unpaired) electrons. The molecule has 1 atom stereocenters. The number of rotatable bonds is 8. The van der Waals surface area contributed by atoms with E-state index in [1.807, 2.05) is 0 Å². The molecule has 0 saturated carbocycles. The van der Waals surface area contributed by atoms with Crippen molar-refractivity contribution in [2.75, 3.05) is 25.9 Å². The minimum Gasteiger partial charge on any atom is -0.480 e. The van der Waals surface area contributed by atoms with Gasteiger partial charge in [0.25, 0.3) is 7.52 Å². The lowest BCUT2D eigenvalue weighted by molar-refractivity contribution is -0.137. The van der Waals surface area contributed by atoms with Crippen LogP contribution in [0.3, 0.4) is 0 Å². The van der Waals surface area contributed by atoms with Crippen LogP contribution in [0.4, 0.5) is 0 Å². The van der Waals surface area contributed by atoms with Crippen LogP contribution in [-0.2, 0) is 13.9 Å². The Morgan fingerprint density at radius 2 is 2.00 bits per heavy atom. The molecule has 1 fully saturated rings. The topological polar surface area (TPSA) is 66.8 Å². The maximum absolute atomic E-state index is 12.8. The SMILES string of the molecule is CCCCCCCP1(=O)OCCCCN1CC(=O)O. The highest BCUT2D eigenvalue weighted by molar-refractivity contribution is 7.56. The molecule has 5 nitrogen and oxygen atoms in total. The summed E-state index contributed by atoms with van der Waals surface area (Å²) >= 11 is 0. The summed E-state index contributed by atoms with van der Waals surface area (Å²) in [6.45, 7) is 3.04. The second-order valence-electron chi connectivity index (χ2n) is 5.10. The number of carboxylic acids is 1. The molecule has 19 heavy (non-hydrogen) atoms. The standard InChI is InChI=1S/C13H26NO4P/c1-2-3-4-5-8-11-19(17)14(12-13(15)16)9-6-7-10-18-19/h2-12H2,1H3,(H,15,16). The Labute approximate surface area is 115 Å². The van der Waals surface area contributed by atoms with Gasteiger partial charge in [-0.2, -0.15) is 0 Å². The third kappa shape index (κ3) is 6.07. The summed E-state index contributed by atoms with van der Waals surface area (Å²) in [6.07, 6.45) is 7.63. The van der Waals surface area contributed by atoms with E-state index in [1.165, 1.54) is 12.8 Å². The van der Waals surface area contributed by atoms with Crippen molar-refractivity contribution < 1.29 is 19.0 Å². The first-order chi connectivity index (χ1) is 9.08. The van der Waals surface area contributed by atoms with Crippen LogP contribution in [0.5, 0.6) is 0 Å². The highest BCUT2D eigenvalue weighted by Crippen LogP contribution is 2.52. The largest absolute Gasteiger partial charge is 0.480 e. The van der Waals surface area contributed by atoms with Crippen LogP contribution in [0.25, 0.3) is 0 Å². The van der Waals surface area contributed by atoms with Crippen LogP contribution < -0.4 is 0 Å². The number of carboxylic acid groups (broad SMARTS) is 1. The van der Waals surface area contributed by atoms with E-state index in [9.17, 15) is 9.36 Å². The molecule has 1 rings (SSSR count). The minimum absolute atomic E-state index is 0.174. The Hall–Kier alpha value is -0.380. The van der Waals surface area contributed by atoms with Crippen molar-refractivity contribution in [3.05, 3.63) is 0 Å². The molecule has 1 saturated heterocycles. The molecule has 0 bridgehead atoms. The lowest BCUT2D eigenvalue weighted by atomic mass is 10.2. The van der Waals surface area contributed by atoms with Crippen LogP contribution in [0.1, 0.15) is 51.9 Å². The molecule has 0 spiro atoms. The molecule has 0 aromatic rings. The molecule has 1 N–H and O–H groups in total. The van der Waals surface area contributed by atoms with E-state index in [0.717, 1.165) is 32.1 Å². The van der Waals surface area contributed by atoms with E-state index in [4.69, 9.17) is 9.63 Å². The van der Waals surface area contributed by atoms with Crippen molar-refractivity contribution >= 4 is 13.5 Å². The normalized spacial score (nSPS) is 25.1. The van der Waals surface area contributed by atoms with E-state index in [0.29, 0.717) is 19.3 Å². The van der Waals surface area contributed by atoms with Gasteiger partial charge in [-0.15, -0.1) is 0 Å². The molecule has 0 aromatic heterocycles. The van der Waals surface area contributed by atoms with E-state index in [2.05, 4.69) is 6.92 Å². The highest BCUT2D eigenvalue weighted by Gasteiger charge is 2.34.